The van der Waals surface area contributed by atoms with Crippen molar-refractivity contribution < 1.29 is 19.4 Å². The van der Waals surface area contributed by atoms with Crippen molar-refractivity contribution in [1.29, 1.82) is 0 Å². The predicted molar refractivity (Wildman–Crippen MR) is 81.7 cm³/mol. The number of carbonyl (C=O) groups is 1. The lowest BCUT2D eigenvalue weighted by molar-refractivity contribution is -0.139. The van der Waals surface area contributed by atoms with Crippen molar-refractivity contribution in [1.82, 2.24) is 10.3 Å². The molecular formula is C15H15ClN2O4. The van der Waals surface area contributed by atoms with E-state index in [2.05, 4.69) is 10.3 Å². The van der Waals surface area contributed by atoms with Crippen LogP contribution in [0.2, 0.25) is 0 Å². The van der Waals surface area contributed by atoms with Crippen LogP contribution in [0.1, 0.15) is 17.3 Å². The molecule has 2 aliphatic heterocycles. The van der Waals surface area contributed by atoms with Gasteiger partial charge >= 0.3 is 5.97 Å². The Morgan fingerprint density at radius 3 is 2.86 bits per heavy atom. The van der Waals surface area contributed by atoms with Gasteiger partial charge in [-0.3, -0.25) is 10.1 Å². The quantitative estimate of drug-likeness (QED) is 0.788. The van der Waals surface area contributed by atoms with Gasteiger partial charge in [-0.1, -0.05) is 18.2 Å². The minimum atomic E-state index is -0.865. The van der Waals surface area contributed by atoms with Crippen LogP contribution in [0.3, 0.4) is 0 Å². The maximum absolute atomic E-state index is 11.4. The average Bonchev–Trinajstić information content (AvgIpc) is 3.13. The number of benzene rings is 1. The molecule has 7 heteroatoms. The zero-order valence-electron chi connectivity index (χ0n) is 11.5. The summed E-state index contributed by atoms with van der Waals surface area (Å²) in [5.41, 5.74) is 2.98. The summed E-state index contributed by atoms with van der Waals surface area (Å²) < 4.78 is 10.5. The largest absolute Gasteiger partial charge is 0.480 e. The first-order chi connectivity index (χ1) is 10.2. The Bertz CT molecular complexity index is 755. The highest BCUT2D eigenvalue weighted by atomic mass is 35.5. The van der Waals surface area contributed by atoms with Crippen LogP contribution in [0, 0.1) is 0 Å². The lowest BCUT2D eigenvalue weighted by Gasteiger charge is -2.28. The minimum Gasteiger partial charge on any atom is -0.480 e. The van der Waals surface area contributed by atoms with Crippen LogP contribution in [0.25, 0.3) is 10.9 Å². The molecule has 0 radical (unpaired) electrons. The van der Waals surface area contributed by atoms with Crippen LogP contribution >= 0.6 is 12.4 Å². The molecule has 0 fully saturated rings. The number of para-hydroxylation sites is 1. The van der Waals surface area contributed by atoms with Crippen LogP contribution in [-0.2, 0) is 20.7 Å². The maximum Gasteiger partial charge on any atom is 0.321 e. The third kappa shape index (κ3) is 2.20. The zero-order valence-corrected chi connectivity index (χ0v) is 12.4. The van der Waals surface area contributed by atoms with Crippen molar-refractivity contribution >= 4 is 29.3 Å². The van der Waals surface area contributed by atoms with Crippen molar-refractivity contribution in [2.75, 3.05) is 6.79 Å². The van der Waals surface area contributed by atoms with E-state index in [1.807, 2.05) is 24.3 Å². The van der Waals surface area contributed by atoms with Gasteiger partial charge in [0.05, 0.1) is 0 Å². The van der Waals surface area contributed by atoms with Gasteiger partial charge in [-0.25, -0.2) is 0 Å². The average molecular weight is 323 g/mol. The highest BCUT2D eigenvalue weighted by molar-refractivity contribution is 5.87. The second-order valence-corrected chi connectivity index (χ2v) is 5.21. The number of halogens is 1. The molecule has 4 rings (SSSR count). The Morgan fingerprint density at radius 2 is 2.14 bits per heavy atom. The molecule has 1 aromatic heterocycles. The molecule has 0 bridgehead atoms. The number of aromatic amines is 1. The zero-order chi connectivity index (χ0) is 14.4. The number of nitrogens with one attached hydrogen (secondary N) is 2. The Labute approximate surface area is 132 Å². The van der Waals surface area contributed by atoms with E-state index in [1.54, 1.807) is 0 Å². The summed E-state index contributed by atoms with van der Waals surface area (Å²) in [5, 5.41) is 13.5. The molecule has 116 valence electrons. The fraction of sp³-hybridized carbons (Fsp3) is 0.267. The number of aliphatic carboxylic acids is 1. The van der Waals surface area contributed by atoms with Gasteiger partial charge in [0.2, 0.25) is 6.79 Å². The molecule has 0 spiro atoms. The summed E-state index contributed by atoms with van der Waals surface area (Å²) in [6, 6.07) is 6.93. The summed E-state index contributed by atoms with van der Waals surface area (Å²) in [7, 11) is 0. The van der Waals surface area contributed by atoms with E-state index in [0.29, 0.717) is 12.2 Å². The van der Waals surface area contributed by atoms with Gasteiger partial charge in [-0.05, 0) is 11.6 Å². The number of hydrogen-bond donors (Lipinski definition) is 3. The van der Waals surface area contributed by atoms with Gasteiger partial charge in [-0.2, -0.15) is 0 Å². The number of carboxylic acids is 1. The molecule has 3 N–H and O–H groups in total. The molecule has 0 amide bonds. The molecule has 0 aliphatic carbocycles. The molecule has 0 saturated heterocycles. The van der Waals surface area contributed by atoms with E-state index in [-0.39, 0.29) is 25.2 Å². The van der Waals surface area contributed by atoms with E-state index in [9.17, 15) is 9.90 Å². The van der Waals surface area contributed by atoms with Gasteiger partial charge in [0.15, 0.2) is 5.76 Å². The van der Waals surface area contributed by atoms with Gasteiger partial charge in [-0.15, -0.1) is 12.4 Å². The van der Waals surface area contributed by atoms with Crippen molar-refractivity contribution in [2.45, 2.75) is 18.5 Å². The van der Waals surface area contributed by atoms with Crippen LogP contribution in [0.4, 0.5) is 0 Å². The molecule has 2 atom stereocenters. The Hall–Kier alpha value is -2.18. The molecule has 1 aromatic carbocycles. The number of fused-ring (bicyclic) bond motifs is 3. The lowest BCUT2D eigenvalue weighted by atomic mass is 9.93. The van der Waals surface area contributed by atoms with Crippen LogP contribution in [-0.4, -0.2) is 28.9 Å². The maximum atomic E-state index is 11.4. The highest BCUT2D eigenvalue weighted by Gasteiger charge is 2.36. The minimum absolute atomic E-state index is 0. The SMILES string of the molecule is Cl.O=C(O)C1Cc2c([nH]c3ccccc23)C(C2=COCO2)N1. The Kier molecular flexibility index (Phi) is 3.72. The van der Waals surface area contributed by atoms with Gasteiger partial charge in [0.25, 0.3) is 0 Å². The van der Waals surface area contributed by atoms with E-state index < -0.39 is 12.0 Å². The molecule has 2 unspecified atom stereocenters. The summed E-state index contributed by atoms with van der Waals surface area (Å²) >= 11 is 0. The van der Waals surface area contributed by atoms with E-state index >= 15 is 0 Å². The normalized spacial score (nSPS) is 23.0. The van der Waals surface area contributed by atoms with Crippen LogP contribution in [0.5, 0.6) is 0 Å². The Balaban J connectivity index is 0.00000144. The number of ether oxygens (including phenoxy) is 2. The summed E-state index contributed by atoms with van der Waals surface area (Å²) in [6.45, 7) is 0.167. The monoisotopic (exact) mass is 322 g/mol. The molecular weight excluding hydrogens is 308 g/mol. The summed E-state index contributed by atoms with van der Waals surface area (Å²) in [4.78, 5) is 14.8. The van der Waals surface area contributed by atoms with Crippen LogP contribution < -0.4 is 5.32 Å². The topological polar surface area (TPSA) is 83.6 Å². The van der Waals surface area contributed by atoms with Crippen LogP contribution in [0.15, 0.2) is 36.3 Å². The number of hydrogen-bond acceptors (Lipinski definition) is 4. The number of rotatable bonds is 2. The predicted octanol–water partition coefficient (Wildman–Crippen LogP) is 2.08. The van der Waals surface area contributed by atoms with Crippen molar-refractivity contribution in [2.24, 2.45) is 0 Å². The Morgan fingerprint density at radius 1 is 1.32 bits per heavy atom. The van der Waals surface area contributed by atoms with Crippen molar-refractivity contribution in [3.05, 3.63) is 47.5 Å². The first-order valence-corrected chi connectivity index (χ1v) is 6.77. The number of aromatic nitrogens is 1. The van der Waals surface area contributed by atoms with Crippen molar-refractivity contribution in [3.8, 4) is 0 Å². The lowest BCUT2D eigenvalue weighted by Crippen LogP contribution is -2.45. The standard InChI is InChI=1S/C15H14N2O4.ClH/c18-15(19)11-5-9-8-3-1-2-4-10(8)16-13(9)14(17-11)12-6-20-7-21-12;/h1-4,6,11,14,16-17H,5,7H2,(H,18,19);1H. The first kappa shape index (κ1) is 14.7. The third-order valence-electron chi connectivity index (χ3n) is 3.99. The van der Waals surface area contributed by atoms with E-state index in [0.717, 1.165) is 22.2 Å². The molecule has 3 heterocycles. The second-order valence-electron chi connectivity index (χ2n) is 5.21. The van der Waals surface area contributed by atoms with E-state index in [4.69, 9.17) is 9.47 Å². The molecule has 2 aromatic rings. The number of H-pyrrole nitrogens is 1. The van der Waals surface area contributed by atoms with Gasteiger partial charge < -0.3 is 19.6 Å². The smallest absolute Gasteiger partial charge is 0.321 e. The first-order valence-electron chi connectivity index (χ1n) is 6.77. The third-order valence-corrected chi connectivity index (χ3v) is 3.99. The fourth-order valence-electron chi connectivity index (χ4n) is 3.02. The fourth-order valence-corrected chi connectivity index (χ4v) is 3.02. The van der Waals surface area contributed by atoms with Gasteiger partial charge in [0, 0.05) is 23.0 Å². The highest BCUT2D eigenvalue weighted by Crippen LogP contribution is 2.36. The molecule has 0 saturated carbocycles. The van der Waals surface area contributed by atoms with E-state index in [1.165, 1.54) is 6.26 Å². The van der Waals surface area contributed by atoms with Gasteiger partial charge in [0.1, 0.15) is 18.3 Å². The van der Waals surface area contributed by atoms with Crippen molar-refractivity contribution in [3.63, 3.8) is 0 Å². The molecule has 6 nitrogen and oxygen atoms in total. The summed E-state index contributed by atoms with van der Waals surface area (Å²) in [5.74, 6) is -0.260. The molecule has 22 heavy (non-hydrogen) atoms. The summed E-state index contributed by atoms with van der Waals surface area (Å²) in [6.07, 6.45) is 1.98. The molecule has 2 aliphatic rings. The number of carboxylic acid groups (broad SMARTS) is 1. The second kappa shape index (κ2) is 5.55.